The summed E-state index contributed by atoms with van der Waals surface area (Å²) >= 11 is 15.9. The topological polar surface area (TPSA) is 158 Å². The Labute approximate surface area is 281 Å². The van der Waals surface area contributed by atoms with Crippen molar-refractivity contribution in [1.29, 1.82) is 0 Å². The minimum Gasteiger partial charge on any atom is -0.469 e. The fourth-order valence-corrected chi connectivity index (χ4v) is 3.47. The van der Waals surface area contributed by atoms with Gasteiger partial charge < -0.3 is 28.4 Å². The highest BCUT2D eigenvalue weighted by molar-refractivity contribution is 7.80. The first-order valence-corrected chi connectivity index (χ1v) is 16.1. The van der Waals surface area contributed by atoms with Gasteiger partial charge in [-0.3, -0.25) is 24.0 Å². The highest BCUT2D eigenvalue weighted by Crippen LogP contribution is 2.23. The third-order valence-corrected chi connectivity index (χ3v) is 6.36. The summed E-state index contributed by atoms with van der Waals surface area (Å²) in [4.78, 5) is 69.4. The smallest absolute Gasteiger partial charge is 0.333 e. The molecule has 0 N–H and O–H groups in total. The third-order valence-electron chi connectivity index (χ3n) is 5.47. The van der Waals surface area contributed by atoms with Crippen LogP contribution in [0.25, 0.3) is 0 Å². The lowest BCUT2D eigenvalue weighted by Crippen LogP contribution is -2.44. The van der Waals surface area contributed by atoms with E-state index in [2.05, 4.69) is 61.8 Å². The Morgan fingerprint density at radius 2 is 0.932 bits per heavy atom. The van der Waals surface area contributed by atoms with E-state index in [1.165, 1.54) is 7.11 Å². The van der Waals surface area contributed by atoms with Crippen molar-refractivity contribution in [1.82, 2.24) is 0 Å². The van der Waals surface area contributed by atoms with Gasteiger partial charge >= 0.3 is 35.8 Å². The lowest BCUT2D eigenvalue weighted by molar-refractivity contribution is -0.170. The number of hydrogen-bond acceptors (Lipinski definition) is 16. The van der Waals surface area contributed by atoms with Crippen LogP contribution >= 0.6 is 50.5 Å². The summed E-state index contributed by atoms with van der Waals surface area (Å²) in [5.41, 5.74) is -1.54. The molecule has 44 heavy (non-hydrogen) atoms. The number of esters is 6. The highest BCUT2D eigenvalue weighted by atomic mass is 32.1. The molecule has 0 aliphatic heterocycles. The van der Waals surface area contributed by atoms with E-state index in [-0.39, 0.29) is 87.7 Å². The first-order valence-electron chi connectivity index (χ1n) is 13.6. The molecule has 0 atom stereocenters. The molecular formula is C28H46O12S4. The van der Waals surface area contributed by atoms with Gasteiger partial charge in [0.25, 0.3) is 0 Å². The summed E-state index contributed by atoms with van der Waals surface area (Å²) in [6, 6.07) is 0. The van der Waals surface area contributed by atoms with E-state index in [0.29, 0.717) is 12.0 Å². The highest BCUT2D eigenvalue weighted by Gasteiger charge is 2.38. The molecular weight excluding hydrogens is 657 g/mol. The summed E-state index contributed by atoms with van der Waals surface area (Å²) in [7, 11) is 1.34. The summed E-state index contributed by atoms with van der Waals surface area (Å²) in [5.74, 6) is -1.72. The predicted octanol–water partition coefficient (Wildman–Crippen LogP) is 3.12. The standard InChI is InChI=1S/C17H28O8S4.C11H18O4/c18-13(1-5-26)22-9-17(10-23-14(19)2-6-27,11-24-15(20)3-7-28)12-25-16(21)4-8-29;1-8(2)9(12)15-7-6-11(3,4)10(13)14-5/h26-29H,1-12H2;1,6-7H2,2-5H3. The van der Waals surface area contributed by atoms with Gasteiger partial charge in [-0.05, 0) is 27.2 Å². The van der Waals surface area contributed by atoms with Crippen molar-refractivity contribution in [3.63, 3.8) is 0 Å². The maximum absolute atomic E-state index is 11.8. The molecule has 0 aliphatic carbocycles. The molecule has 0 rings (SSSR count). The maximum atomic E-state index is 11.8. The Morgan fingerprint density at radius 3 is 1.18 bits per heavy atom. The van der Waals surface area contributed by atoms with Gasteiger partial charge in [0, 0.05) is 28.6 Å². The average molecular weight is 703 g/mol. The molecule has 0 spiro atoms. The lowest BCUT2D eigenvalue weighted by Gasteiger charge is -2.31. The predicted molar refractivity (Wildman–Crippen MR) is 176 cm³/mol. The molecule has 0 aromatic rings. The average Bonchev–Trinajstić information content (AvgIpc) is 2.96. The monoisotopic (exact) mass is 702 g/mol. The van der Waals surface area contributed by atoms with Crippen LogP contribution in [-0.4, -0.2) is 99.0 Å². The van der Waals surface area contributed by atoms with Crippen molar-refractivity contribution in [3.8, 4) is 0 Å². The van der Waals surface area contributed by atoms with Gasteiger partial charge in [0.15, 0.2) is 0 Å². The Balaban J connectivity index is 0. The number of rotatable bonds is 21. The van der Waals surface area contributed by atoms with Crippen LogP contribution in [0.5, 0.6) is 0 Å². The number of thiol groups is 4. The number of ether oxygens (including phenoxy) is 6. The van der Waals surface area contributed by atoms with Crippen LogP contribution in [-0.2, 0) is 57.2 Å². The normalized spacial score (nSPS) is 10.8. The van der Waals surface area contributed by atoms with E-state index in [1.54, 1.807) is 20.8 Å². The number of carbonyl (C=O) groups is 6. The van der Waals surface area contributed by atoms with Crippen molar-refractivity contribution >= 4 is 86.3 Å². The van der Waals surface area contributed by atoms with Gasteiger partial charge in [-0.25, -0.2) is 4.79 Å². The molecule has 0 saturated carbocycles. The van der Waals surface area contributed by atoms with Crippen LogP contribution in [0.4, 0.5) is 0 Å². The lowest BCUT2D eigenvalue weighted by atomic mass is 9.90. The van der Waals surface area contributed by atoms with E-state index in [9.17, 15) is 28.8 Å². The van der Waals surface area contributed by atoms with E-state index in [4.69, 9.17) is 23.7 Å². The second kappa shape index (κ2) is 25.2. The fraction of sp³-hybridized carbons (Fsp3) is 0.714. The van der Waals surface area contributed by atoms with Crippen LogP contribution in [0.1, 0.15) is 52.9 Å². The van der Waals surface area contributed by atoms with Crippen LogP contribution in [0.2, 0.25) is 0 Å². The molecule has 16 heteroatoms. The molecule has 0 aromatic carbocycles. The second-order valence-corrected chi connectivity index (χ2v) is 11.9. The van der Waals surface area contributed by atoms with Crippen LogP contribution < -0.4 is 0 Å². The van der Waals surface area contributed by atoms with Crippen molar-refractivity contribution in [2.45, 2.75) is 52.9 Å². The van der Waals surface area contributed by atoms with Crippen molar-refractivity contribution in [2.75, 3.05) is 63.2 Å². The first-order chi connectivity index (χ1) is 20.6. The number of carbonyl (C=O) groups excluding carboxylic acids is 6. The third kappa shape index (κ3) is 21.6. The van der Waals surface area contributed by atoms with Gasteiger partial charge in [0.1, 0.15) is 31.8 Å². The summed E-state index contributed by atoms with van der Waals surface area (Å²) in [5, 5.41) is 0. The molecule has 0 radical (unpaired) electrons. The Kier molecular flexibility index (Phi) is 25.2. The number of hydrogen-bond donors (Lipinski definition) is 4. The van der Waals surface area contributed by atoms with E-state index in [1.807, 2.05) is 0 Å². The number of methoxy groups -OCH3 is 1. The van der Waals surface area contributed by atoms with E-state index < -0.39 is 40.7 Å². The zero-order chi connectivity index (χ0) is 34.2. The molecule has 0 bridgehead atoms. The van der Waals surface area contributed by atoms with Gasteiger partial charge in [0.2, 0.25) is 0 Å². The molecule has 0 heterocycles. The second-order valence-electron chi connectivity index (χ2n) is 10.1. The van der Waals surface area contributed by atoms with E-state index in [0.717, 1.165) is 0 Å². The Hall–Kier alpha value is -2.04. The summed E-state index contributed by atoms with van der Waals surface area (Å²) in [6.45, 7) is 7.58. The molecule has 0 unspecified atom stereocenters. The molecule has 0 amide bonds. The first kappa shape index (κ1) is 44.1. The van der Waals surface area contributed by atoms with Gasteiger partial charge in [-0.1, -0.05) is 6.58 Å². The maximum Gasteiger partial charge on any atom is 0.333 e. The largest absolute Gasteiger partial charge is 0.469 e. The van der Waals surface area contributed by atoms with E-state index >= 15 is 0 Å². The molecule has 0 aliphatic rings. The summed E-state index contributed by atoms with van der Waals surface area (Å²) in [6.07, 6.45) is 0.697. The van der Waals surface area contributed by atoms with Crippen molar-refractivity contribution < 1.29 is 57.2 Å². The quantitative estimate of drug-likeness (QED) is 0.0601. The Morgan fingerprint density at radius 1 is 0.614 bits per heavy atom. The minimum absolute atomic E-state index is 0.0670. The fourth-order valence-electron chi connectivity index (χ4n) is 2.74. The molecule has 0 aromatic heterocycles. The van der Waals surface area contributed by atoms with Crippen LogP contribution in [0, 0.1) is 10.8 Å². The van der Waals surface area contributed by atoms with Crippen LogP contribution in [0.15, 0.2) is 12.2 Å². The van der Waals surface area contributed by atoms with Crippen molar-refractivity contribution in [2.24, 2.45) is 10.8 Å². The molecule has 0 fully saturated rings. The van der Waals surface area contributed by atoms with Crippen molar-refractivity contribution in [3.05, 3.63) is 12.2 Å². The Bertz CT molecular complexity index is 846. The summed E-state index contributed by atoms with van der Waals surface area (Å²) < 4.78 is 30.4. The molecule has 12 nitrogen and oxygen atoms in total. The minimum atomic E-state index is -1.25. The molecule has 0 saturated heterocycles. The SMILES string of the molecule is C=C(C)C(=O)OCCC(C)(C)C(=O)OC.O=C(CCS)OCC(COC(=O)CCS)(COC(=O)CCS)COC(=O)CCS. The zero-order valence-corrected chi connectivity index (χ0v) is 29.4. The van der Waals surface area contributed by atoms with Gasteiger partial charge in [-0.15, -0.1) is 0 Å². The zero-order valence-electron chi connectivity index (χ0n) is 25.8. The van der Waals surface area contributed by atoms with Crippen LogP contribution in [0.3, 0.4) is 0 Å². The molecule has 254 valence electrons. The van der Waals surface area contributed by atoms with Gasteiger partial charge in [-0.2, -0.15) is 50.5 Å². The van der Waals surface area contributed by atoms with Gasteiger partial charge in [0.05, 0.1) is 44.8 Å².